The van der Waals surface area contributed by atoms with Gasteiger partial charge in [-0.15, -0.1) is 0 Å². The van der Waals surface area contributed by atoms with Gasteiger partial charge in [0, 0.05) is 25.4 Å². The molecule has 0 aliphatic heterocycles. The van der Waals surface area contributed by atoms with Crippen molar-refractivity contribution in [3.63, 3.8) is 0 Å². The minimum atomic E-state index is -3.63. The highest BCUT2D eigenvalue weighted by atomic mass is 31.2. The van der Waals surface area contributed by atoms with Crippen LogP contribution in [0, 0.1) is 0 Å². The Kier molecular flexibility index (Phi) is 7.63. The molecule has 0 amide bonds. The summed E-state index contributed by atoms with van der Waals surface area (Å²) in [6, 6.07) is 11.4. The quantitative estimate of drug-likeness (QED) is 0.452. The average Bonchev–Trinajstić information content (AvgIpc) is 3.17. The van der Waals surface area contributed by atoms with E-state index in [2.05, 4.69) is 15.3 Å². The molecule has 1 N–H and O–H groups in total. The molecular weight excluding hydrogens is 405 g/mol. The number of nitrogens with zero attached hydrogens (tertiary/aromatic N) is 2. The van der Waals surface area contributed by atoms with Crippen molar-refractivity contribution >= 4 is 18.9 Å². The number of pyridine rings is 1. The van der Waals surface area contributed by atoms with Crippen molar-refractivity contribution in [3.8, 4) is 5.75 Å². The van der Waals surface area contributed by atoms with Gasteiger partial charge in [-0.05, 0) is 43.2 Å². The second-order valence-corrected chi connectivity index (χ2v) is 8.27. The molecule has 9 heteroatoms. The number of ether oxygens (including phenoxy) is 1. The molecule has 0 aliphatic carbocycles. The second-order valence-electron chi connectivity index (χ2n) is 6.33. The van der Waals surface area contributed by atoms with Crippen LogP contribution in [0.2, 0.25) is 0 Å². The van der Waals surface area contributed by atoms with Gasteiger partial charge >= 0.3 is 7.60 Å². The lowest BCUT2D eigenvalue weighted by Gasteiger charge is -2.15. The van der Waals surface area contributed by atoms with Gasteiger partial charge in [-0.2, -0.15) is 0 Å². The number of oxazole rings is 1. The van der Waals surface area contributed by atoms with Crippen molar-refractivity contribution in [1.82, 2.24) is 9.97 Å². The summed E-state index contributed by atoms with van der Waals surface area (Å²) in [4.78, 5) is 8.58. The fourth-order valence-corrected chi connectivity index (χ4v) is 4.44. The summed E-state index contributed by atoms with van der Waals surface area (Å²) in [7, 11) is -2.01. The molecule has 0 bridgehead atoms. The van der Waals surface area contributed by atoms with Crippen LogP contribution in [0.3, 0.4) is 0 Å². The number of rotatable bonds is 11. The Morgan fingerprint density at radius 3 is 2.40 bits per heavy atom. The fraction of sp³-hybridized carbons (Fsp3) is 0.333. The Bertz CT molecular complexity index is 966. The smallest absolute Gasteiger partial charge is 0.385 e. The molecule has 0 fully saturated rings. The highest BCUT2D eigenvalue weighted by Crippen LogP contribution is 2.48. The summed E-state index contributed by atoms with van der Waals surface area (Å²) < 4.78 is 35.5. The van der Waals surface area contributed by atoms with Gasteiger partial charge < -0.3 is 23.5 Å². The second kappa shape index (κ2) is 10.4. The van der Waals surface area contributed by atoms with E-state index in [-0.39, 0.29) is 24.5 Å². The van der Waals surface area contributed by atoms with Gasteiger partial charge in [-0.1, -0.05) is 18.2 Å². The summed E-state index contributed by atoms with van der Waals surface area (Å²) in [6.07, 6.45) is 3.87. The molecule has 0 radical (unpaired) electrons. The van der Waals surface area contributed by atoms with E-state index in [4.69, 9.17) is 18.2 Å². The van der Waals surface area contributed by atoms with E-state index >= 15 is 0 Å². The van der Waals surface area contributed by atoms with Crippen molar-refractivity contribution in [2.75, 3.05) is 25.6 Å². The summed E-state index contributed by atoms with van der Waals surface area (Å²) in [6.45, 7) is 4.38. The van der Waals surface area contributed by atoms with Crippen molar-refractivity contribution < 1.29 is 22.8 Å². The Labute approximate surface area is 176 Å². The van der Waals surface area contributed by atoms with E-state index in [0.717, 1.165) is 16.9 Å². The van der Waals surface area contributed by atoms with Crippen LogP contribution in [0.4, 0.5) is 5.88 Å². The van der Waals surface area contributed by atoms with Crippen molar-refractivity contribution in [1.29, 1.82) is 0 Å². The zero-order chi connectivity index (χ0) is 21.4. The van der Waals surface area contributed by atoms with E-state index in [0.29, 0.717) is 18.9 Å². The Hall–Kier alpha value is -2.67. The number of methoxy groups -OCH3 is 1. The van der Waals surface area contributed by atoms with E-state index < -0.39 is 7.60 Å². The molecule has 0 unspecified atom stereocenters. The predicted molar refractivity (Wildman–Crippen MR) is 114 cm³/mol. The Morgan fingerprint density at radius 2 is 1.80 bits per heavy atom. The minimum absolute atomic E-state index is 0.151. The molecule has 160 valence electrons. The van der Waals surface area contributed by atoms with Crippen LogP contribution in [0.1, 0.15) is 30.9 Å². The molecule has 0 saturated carbocycles. The molecule has 3 aromatic rings. The van der Waals surface area contributed by atoms with Gasteiger partial charge in [0.15, 0.2) is 0 Å². The van der Waals surface area contributed by atoms with Gasteiger partial charge in [0.2, 0.25) is 17.2 Å². The van der Waals surface area contributed by atoms with Crippen LogP contribution >= 0.6 is 7.60 Å². The van der Waals surface area contributed by atoms with Crippen molar-refractivity contribution in [3.05, 3.63) is 65.8 Å². The molecule has 3 rings (SSSR count). The summed E-state index contributed by atoms with van der Waals surface area (Å²) in [5.74, 6) is 1.44. The van der Waals surface area contributed by atoms with Crippen molar-refractivity contribution in [2.24, 2.45) is 0 Å². The fourth-order valence-electron chi connectivity index (χ4n) is 2.83. The lowest BCUT2D eigenvalue weighted by Crippen LogP contribution is -2.16. The summed E-state index contributed by atoms with van der Waals surface area (Å²) in [5, 5.41) is 3.16. The van der Waals surface area contributed by atoms with Crippen LogP contribution in [-0.4, -0.2) is 30.3 Å². The molecule has 0 saturated heterocycles. The van der Waals surface area contributed by atoms with E-state index in [9.17, 15) is 4.57 Å². The molecule has 8 nitrogen and oxygen atoms in total. The maximum Gasteiger partial charge on any atom is 0.385 e. The van der Waals surface area contributed by atoms with E-state index in [1.165, 1.54) is 0 Å². The molecule has 0 atom stereocenters. The first-order valence-corrected chi connectivity index (χ1v) is 11.3. The van der Waals surface area contributed by atoms with Crippen LogP contribution in [0.5, 0.6) is 5.75 Å². The molecular formula is C21H26N3O5P. The van der Waals surface area contributed by atoms with Gasteiger partial charge in [0.05, 0.1) is 20.3 Å². The minimum Gasteiger partial charge on any atom is -0.497 e. The maximum atomic E-state index is 13.4. The lowest BCUT2D eigenvalue weighted by atomic mass is 10.1. The third-order valence-corrected chi connectivity index (χ3v) is 6.22. The molecule has 1 aromatic carbocycles. The number of anilines is 1. The molecule has 30 heavy (non-hydrogen) atoms. The third kappa shape index (κ3) is 5.48. The molecule has 0 spiro atoms. The zero-order valence-electron chi connectivity index (χ0n) is 17.3. The van der Waals surface area contributed by atoms with Gasteiger partial charge in [0.1, 0.15) is 5.75 Å². The standard InChI is InChI=1S/C21H26N3O5P/c1-4-27-30(25,28-5-2)21-20(23-15-17-7-6-12-22-14-17)29-19(24-21)13-16-8-10-18(26-3)11-9-16/h6-12,14,23H,4-5,13,15H2,1-3H3. The molecule has 2 heterocycles. The number of hydrogen-bond acceptors (Lipinski definition) is 8. The van der Waals surface area contributed by atoms with Crippen LogP contribution in [0.25, 0.3) is 0 Å². The topological polar surface area (TPSA) is 95.7 Å². The average molecular weight is 431 g/mol. The lowest BCUT2D eigenvalue weighted by molar-refractivity contribution is 0.229. The molecule has 0 aliphatic rings. The normalized spacial score (nSPS) is 11.4. The van der Waals surface area contributed by atoms with Crippen molar-refractivity contribution in [2.45, 2.75) is 26.8 Å². The SMILES string of the molecule is CCOP(=O)(OCC)c1nc(Cc2ccc(OC)cc2)oc1NCc1cccnc1. The number of benzene rings is 1. The van der Waals surface area contributed by atoms with Crippen LogP contribution < -0.4 is 15.5 Å². The monoisotopic (exact) mass is 431 g/mol. The largest absolute Gasteiger partial charge is 0.497 e. The maximum absolute atomic E-state index is 13.4. The van der Waals surface area contributed by atoms with Gasteiger partial charge in [-0.25, -0.2) is 4.98 Å². The number of hydrogen-bond donors (Lipinski definition) is 1. The first-order chi connectivity index (χ1) is 14.6. The van der Waals surface area contributed by atoms with E-state index in [1.807, 2.05) is 36.4 Å². The number of aromatic nitrogens is 2. The predicted octanol–water partition coefficient (Wildman–Crippen LogP) is 4.17. The van der Waals surface area contributed by atoms with Gasteiger partial charge in [0.25, 0.3) is 0 Å². The van der Waals surface area contributed by atoms with Crippen LogP contribution in [0.15, 0.2) is 53.2 Å². The zero-order valence-corrected chi connectivity index (χ0v) is 18.2. The van der Waals surface area contributed by atoms with E-state index in [1.54, 1.807) is 33.4 Å². The highest BCUT2D eigenvalue weighted by molar-refractivity contribution is 7.62. The first-order valence-electron chi connectivity index (χ1n) is 9.73. The summed E-state index contributed by atoms with van der Waals surface area (Å²) >= 11 is 0. The summed E-state index contributed by atoms with van der Waals surface area (Å²) in [5.41, 5.74) is 2.07. The van der Waals surface area contributed by atoms with Crippen LogP contribution in [-0.2, 0) is 26.6 Å². The first kappa shape index (κ1) is 22.0. The Balaban J connectivity index is 1.89. The Morgan fingerprint density at radius 1 is 1.07 bits per heavy atom. The van der Waals surface area contributed by atoms with Gasteiger partial charge in [-0.3, -0.25) is 9.55 Å². The molecule has 2 aromatic heterocycles. The number of nitrogens with one attached hydrogen (secondary N) is 1. The highest BCUT2D eigenvalue weighted by Gasteiger charge is 2.35. The third-order valence-electron chi connectivity index (χ3n) is 4.20.